The van der Waals surface area contributed by atoms with Gasteiger partial charge in [-0.25, -0.2) is 9.97 Å². The third kappa shape index (κ3) is 3.16. The molecule has 98 valence electrons. The highest BCUT2D eigenvalue weighted by atomic mass is 32.1. The van der Waals surface area contributed by atoms with E-state index < -0.39 is 0 Å². The van der Waals surface area contributed by atoms with Crippen molar-refractivity contribution in [1.82, 2.24) is 9.97 Å². The zero-order valence-corrected chi connectivity index (χ0v) is 11.8. The van der Waals surface area contributed by atoms with Gasteiger partial charge >= 0.3 is 0 Å². The lowest BCUT2D eigenvalue weighted by Crippen LogP contribution is -2.33. The Morgan fingerprint density at radius 1 is 1.44 bits per heavy atom. The number of anilines is 1. The van der Waals surface area contributed by atoms with Crippen LogP contribution in [0.3, 0.4) is 0 Å². The highest BCUT2D eigenvalue weighted by Crippen LogP contribution is 2.36. The fourth-order valence-corrected chi connectivity index (χ4v) is 2.79. The molecule has 1 saturated carbocycles. The molecule has 1 aromatic heterocycles. The minimum Gasteiger partial charge on any atom is -0.388 e. The number of hydrogen-bond donors (Lipinski definition) is 2. The Hall–Kier alpha value is -1.23. The normalized spacial score (nSPS) is 22.4. The van der Waals surface area contributed by atoms with Crippen LogP contribution in [0.2, 0.25) is 0 Å². The van der Waals surface area contributed by atoms with Crippen LogP contribution >= 0.6 is 12.2 Å². The van der Waals surface area contributed by atoms with E-state index in [1.54, 1.807) is 12.4 Å². The number of nitrogens with zero attached hydrogens (tertiary/aromatic N) is 2. The van der Waals surface area contributed by atoms with Crippen LogP contribution in [0.1, 0.15) is 45.2 Å². The first-order chi connectivity index (χ1) is 8.48. The summed E-state index contributed by atoms with van der Waals surface area (Å²) >= 11 is 5.00. The van der Waals surface area contributed by atoms with E-state index in [1.165, 1.54) is 12.8 Å². The standard InChI is InChI=1S/C13H20N4S/c1-13(2)5-3-4-9(8-13)17-12-10(11(14)18)15-6-7-16-12/h6-7,9H,3-5,8H2,1-2H3,(H2,14,18)(H,16,17). The molecule has 0 aromatic carbocycles. The van der Waals surface area contributed by atoms with Crippen LogP contribution in [-0.4, -0.2) is 21.0 Å². The molecule has 1 aromatic rings. The predicted molar refractivity (Wildman–Crippen MR) is 77.6 cm³/mol. The van der Waals surface area contributed by atoms with Crippen LogP contribution in [0.25, 0.3) is 0 Å². The Balaban J connectivity index is 2.12. The van der Waals surface area contributed by atoms with Crippen LogP contribution in [0.5, 0.6) is 0 Å². The molecule has 1 atom stereocenters. The number of nitrogens with one attached hydrogen (secondary N) is 1. The van der Waals surface area contributed by atoms with Crippen LogP contribution in [0.15, 0.2) is 12.4 Å². The Labute approximate surface area is 113 Å². The van der Waals surface area contributed by atoms with E-state index in [1.807, 2.05) is 0 Å². The minimum atomic E-state index is 0.292. The maximum absolute atomic E-state index is 5.66. The number of nitrogens with two attached hydrogens (primary N) is 1. The van der Waals surface area contributed by atoms with Crippen molar-refractivity contribution in [3.8, 4) is 0 Å². The highest BCUT2D eigenvalue weighted by Gasteiger charge is 2.28. The van der Waals surface area contributed by atoms with E-state index >= 15 is 0 Å². The summed E-state index contributed by atoms with van der Waals surface area (Å²) in [6.45, 7) is 4.62. The van der Waals surface area contributed by atoms with E-state index in [2.05, 4.69) is 29.1 Å². The van der Waals surface area contributed by atoms with Crippen molar-refractivity contribution in [2.24, 2.45) is 11.1 Å². The molecule has 1 aliphatic carbocycles. The summed E-state index contributed by atoms with van der Waals surface area (Å²) in [5, 5.41) is 3.45. The van der Waals surface area contributed by atoms with Gasteiger partial charge in [0.15, 0.2) is 5.82 Å². The molecule has 1 fully saturated rings. The largest absolute Gasteiger partial charge is 0.388 e. The smallest absolute Gasteiger partial charge is 0.155 e. The topological polar surface area (TPSA) is 63.8 Å². The quantitative estimate of drug-likeness (QED) is 0.821. The molecule has 1 aliphatic rings. The van der Waals surface area contributed by atoms with Gasteiger partial charge in [-0.15, -0.1) is 0 Å². The van der Waals surface area contributed by atoms with Crippen LogP contribution in [0.4, 0.5) is 5.82 Å². The Morgan fingerprint density at radius 3 is 2.83 bits per heavy atom. The summed E-state index contributed by atoms with van der Waals surface area (Å²) in [7, 11) is 0. The van der Waals surface area contributed by atoms with Crippen molar-refractivity contribution >= 4 is 23.0 Å². The first-order valence-electron chi connectivity index (χ1n) is 6.35. The molecule has 1 unspecified atom stereocenters. The van der Waals surface area contributed by atoms with Crippen LogP contribution in [-0.2, 0) is 0 Å². The van der Waals surface area contributed by atoms with Crippen molar-refractivity contribution in [2.75, 3.05) is 5.32 Å². The Kier molecular flexibility index (Phi) is 3.80. The maximum Gasteiger partial charge on any atom is 0.155 e. The summed E-state index contributed by atoms with van der Waals surface area (Å²) in [6, 6.07) is 0.429. The average Bonchev–Trinajstić information content (AvgIpc) is 2.28. The second-order valence-corrected chi connectivity index (χ2v) is 6.16. The summed E-state index contributed by atoms with van der Waals surface area (Å²) in [5.74, 6) is 0.715. The van der Waals surface area contributed by atoms with Crippen LogP contribution < -0.4 is 11.1 Å². The molecule has 0 spiro atoms. The average molecular weight is 264 g/mol. The lowest BCUT2D eigenvalue weighted by atomic mass is 9.75. The number of aromatic nitrogens is 2. The SMILES string of the molecule is CC1(C)CCCC(Nc2nccnc2C(N)=S)C1. The number of thiocarbonyl (C=S) groups is 1. The first kappa shape index (κ1) is 13.2. The van der Waals surface area contributed by atoms with Gasteiger partial charge in [0.1, 0.15) is 10.7 Å². The molecule has 0 radical (unpaired) electrons. The molecular formula is C13H20N4S. The fourth-order valence-electron chi connectivity index (χ4n) is 2.64. The van der Waals surface area contributed by atoms with Crippen LogP contribution in [0, 0.1) is 5.41 Å². The summed E-state index contributed by atoms with van der Waals surface area (Å²) in [6.07, 6.45) is 8.11. The third-order valence-corrected chi connectivity index (χ3v) is 3.67. The second kappa shape index (κ2) is 5.18. The van der Waals surface area contributed by atoms with Crippen molar-refractivity contribution in [3.63, 3.8) is 0 Å². The number of hydrogen-bond acceptors (Lipinski definition) is 4. The summed E-state index contributed by atoms with van der Waals surface area (Å²) < 4.78 is 0. The molecule has 4 nitrogen and oxygen atoms in total. The van der Waals surface area contributed by atoms with Crippen molar-refractivity contribution in [2.45, 2.75) is 45.6 Å². The molecule has 0 saturated heterocycles. The fraction of sp³-hybridized carbons (Fsp3) is 0.615. The lowest BCUT2D eigenvalue weighted by Gasteiger charge is -2.35. The molecule has 1 heterocycles. The predicted octanol–water partition coefficient (Wildman–Crippen LogP) is 2.49. The van der Waals surface area contributed by atoms with Gasteiger partial charge in [0.05, 0.1) is 0 Å². The van der Waals surface area contributed by atoms with E-state index in [0.29, 0.717) is 28.0 Å². The van der Waals surface area contributed by atoms with Gasteiger partial charge in [-0.1, -0.05) is 32.5 Å². The van der Waals surface area contributed by atoms with Gasteiger partial charge in [0.2, 0.25) is 0 Å². The third-order valence-electron chi connectivity index (χ3n) is 3.48. The van der Waals surface area contributed by atoms with E-state index in [0.717, 1.165) is 12.8 Å². The van der Waals surface area contributed by atoms with E-state index in [-0.39, 0.29) is 0 Å². The zero-order valence-electron chi connectivity index (χ0n) is 10.9. The van der Waals surface area contributed by atoms with E-state index in [4.69, 9.17) is 18.0 Å². The minimum absolute atomic E-state index is 0.292. The molecule has 2 rings (SSSR count). The van der Waals surface area contributed by atoms with Gasteiger partial charge in [-0.2, -0.15) is 0 Å². The molecule has 5 heteroatoms. The number of rotatable bonds is 3. The van der Waals surface area contributed by atoms with Gasteiger partial charge < -0.3 is 11.1 Å². The lowest BCUT2D eigenvalue weighted by molar-refractivity contribution is 0.229. The monoisotopic (exact) mass is 264 g/mol. The Morgan fingerprint density at radius 2 is 2.17 bits per heavy atom. The van der Waals surface area contributed by atoms with Gasteiger partial charge in [0.25, 0.3) is 0 Å². The maximum atomic E-state index is 5.66. The van der Waals surface area contributed by atoms with Crippen molar-refractivity contribution < 1.29 is 0 Å². The summed E-state index contributed by atoms with van der Waals surface area (Å²) in [5.41, 5.74) is 6.65. The highest BCUT2D eigenvalue weighted by molar-refractivity contribution is 7.80. The molecular weight excluding hydrogens is 244 g/mol. The molecule has 0 amide bonds. The zero-order chi connectivity index (χ0) is 13.2. The van der Waals surface area contributed by atoms with Gasteiger partial charge in [0, 0.05) is 18.4 Å². The molecule has 0 bridgehead atoms. The molecule has 3 N–H and O–H groups in total. The van der Waals surface area contributed by atoms with E-state index in [9.17, 15) is 0 Å². The summed E-state index contributed by atoms with van der Waals surface area (Å²) in [4.78, 5) is 8.78. The first-order valence-corrected chi connectivity index (χ1v) is 6.76. The van der Waals surface area contributed by atoms with Gasteiger partial charge in [-0.05, 0) is 24.7 Å². The second-order valence-electron chi connectivity index (χ2n) is 5.72. The molecule has 18 heavy (non-hydrogen) atoms. The molecule has 0 aliphatic heterocycles. The van der Waals surface area contributed by atoms with Crippen molar-refractivity contribution in [3.05, 3.63) is 18.1 Å². The van der Waals surface area contributed by atoms with Crippen molar-refractivity contribution in [1.29, 1.82) is 0 Å². The van der Waals surface area contributed by atoms with Gasteiger partial charge in [-0.3, -0.25) is 0 Å². The Bertz CT molecular complexity index is 444.